The van der Waals surface area contributed by atoms with Crippen LogP contribution >= 0.6 is 23.5 Å². The van der Waals surface area contributed by atoms with Crippen molar-refractivity contribution < 1.29 is 0 Å². The molecule has 110 valence electrons. The molecule has 2 aromatic heterocycles. The summed E-state index contributed by atoms with van der Waals surface area (Å²) in [4.78, 5) is 13.5. The van der Waals surface area contributed by atoms with Crippen LogP contribution in [0.25, 0.3) is 0 Å². The number of pyridine rings is 1. The van der Waals surface area contributed by atoms with E-state index in [-0.39, 0.29) is 0 Å². The lowest BCUT2D eigenvalue weighted by Gasteiger charge is -2.15. The van der Waals surface area contributed by atoms with Gasteiger partial charge in [-0.3, -0.25) is 4.98 Å². The average molecular weight is 318 g/mol. The quantitative estimate of drug-likeness (QED) is 0.515. The zero-order valence-electron chi connectivity index (χ0n) is 12.1. The summed E-state index contributed by atoms with van der Waals surface area (Å²) in [7, 11) is 0. The zero-order chi connectivity index (χ0) is 14.8. The van der Waals surface area contributed by atoms with Gasteiger partial charge in [0, 0.05) is 12.3 Å². The lowest BCUT2D eigenvalue weighted by atomic mass is 10.1. The third-order valence-electron chi connectivity index (χ3n) is 3.42. The van der Waals surface area contributed by atoms with Crippen LogP contribution in [0.1, 0.15) is 29.3 Å². The molecule has 6 heteroatoms. The minimum atomic E-state index is 0.321. The highest BCUT2D eigenvalue weighted by Gasteiger charge is 2.34. The highest BCUT2D eigenvalue weighted by Crippen LogP contribution is 2.50. The van der Waals surface area contributed by atoms with Crippen LogP contribution in [0.3, 0.4) is 0 Å². The van der Waals surface area contributed by atoms with Crippen LogP contribution in [0.15, 0.2) is 34.6 Å². The van der Waals surface area contributed by atoms with Crippen molar-refractivity contribution in [3.05, 3.63) is 35.7 Å². The summed E-state index contributed by atoms with van der Waals surface area (Å²) in [5.74, 6) is 1.20. The predicted molar refractivity (Wildman–Crippen MR) is 88.5 cm³/mol. The molecular formula is C15H18N4S2. The van der Waals surface area contributed by atoms with Gasteiger partial charge >= 0.3 is 0 Å². The average Bonchev–Trinajstić information content (AvgIpc) is 3.28. The smallest absolute Gasteiger partial charge is 0.191 e. The summed E-state index contributed by atoms with van der Waals surface area (Å²) in [5.41, 5.74) is 8.24. The Morgan fingerprint density at radius 3 is 2.76 bits per heavy atom. The first-order valence-corrected chi connectivity index (χ1v) is 9.04. The summed E-state index contributed by atoms with van der Waals surface area (Å²) >= 11 is 3.27. The molecule has 1 atom stereocenters. The van der Waals surface area contributed by atoms with Gasteiger partial charge in [0.25, 0.3) is 0 Å². The van der Waals surface area contributed by atoms with Gasteiger partial charge in [-0.15, -0.1) is 11.8 Å². The predicted octanol–water partition coefficient (Wildman–Crippen LogP) is 3.73. The Hall–Kier alpha value is -1.27. The molecule has 0 saturated heterocycles. The summed E-state index contributed by atoms with van der Waals surface area (Å²) in [6.07, 6.45) is 6.39. The van der Waals surface area contributed by atoms with Gasteiger partial charge in [0.15, 0.2) is 5.16 Å². The zero-order valence-corrected chi connectivity index (χ0v) is 13.7. The molecule has 2 aromatic rings. The van der Waals surface area contributed by atoms with E-state index in [1.165, 1.54) is 18.4 Å². The lowest BCUT2D eigenvalue weighted by Crippen LogP contribution is -2.03. The lowest BCUT2D eigenvalue weighted by molar-refractivity contribution is 0.770. The molecule has 0 spiro atoms. The molecule has 2 N–H and O–H groups in total. The highest BCUT2D eigenvalue weighted by atomic mass is 32.2. The minimum Gasteiger partial charge on any atom is -0.384 e. The fourth-order valence-electron chi connectivity index (χ4n) is 2.20. The molecule has 4 nitrogen and oxygen atoms in total. The molecule has 1 aliphatic rings. The summed E-state index contributed by atoms with van der Waals surface area (Å²) in [5, 5.41) is 1.98. The molecule has 0 amide bonds. The summed E-state index contributed by atoms with van der Waals surface area (Å²) < 4.78 is 0. The number of rotatable bonds is 5. The van der Waals surface area contributed by atoms with Gasteiger partial charge in [0.1, 0.15) is 10.8 Å². The van der Waals surface area contributed by atoms with Crippen LogP contribution in [0, 0.1) is 12.8 Å². The largest absolute Gasteiger partial charge is 0.384 e. The van der Waals surface area contributed by atoms with Crippen molar-refractivity contribution in [2.24, 2.45) is 5.92 Å². The Labute approximate surface area is 133 Å². The first-order chi connectivity index (χ1) is 10.2. The molecule has 1 unspecified atom stereocenters. The summed E-state index contributed by atoms with van der Waals surface area (Å²) in [6.45, 7) is 2.10. The van der Waals surface area contributed by atoms with Crippen LogP contribution in [0.4, 0.5) is 5.82 Å². The molecule has 1 fully saturated rings. The first-order valence-electron chi connectivity index (χ1n) is 6.93. The second kappa shape index (κ2) is 6.23. The monoisotopic (exact) mass is 318 g/mol. The minimum absolute atomic E-state index is 0.321. The van der Waals surface area contributed by atoms with Crippen molar-refractivity contribution in [1.82, 2.24) is 15.0 Å². The normalized spacial score (nSPS) is 15.9. The van der Waals surface area contributed by atoms with Crippen molar-refractivity contribution in [3.63, 3.8) is 0 Å². The van der Waals surface area contributed by atoms with E-state index in [1.807, 2.05) is 24.6 Å². The molecule has 21 heavy (non-hydrogen) atoms. The molecule has 0 bridgehead atoms. The standard InChI is InChI=1S/C15H18N4S2/c1-9-5-6-17-11(7-9)14(10-3-4-10)21-15-18-12(16)8-13(19-15)20-2/h5-8,10,14H,3-4H2,1-2H3,(H2,16,18,19). The van der Waals surface area contributed by atoms with Crippen LogP contribution < -0.4 is 5.73 Å². The van der Waals surface area contributed by atoms with Crippen LogP contribution in [0.5, 0.6) is 0 Å². The topological polar surface area (TPSA) is 64.7 Å². The van der Waals surface area contributed by atoms with E-state index in [2.05, 4.69) is 27.9 Å². The van der Waals surface area contributed by atoms with Gasteiger partial charge in [-0.1, -0.05) is 11.8 Å². The van der Waals surface area contributed by atoms with E-state index >= 15 is 0 Å². The number of nitrogen functional groups attached to an aromatic ring is 1. The SMILES string of the molecule is CSc1cc(N)nc(SC(c2cc(C)ccn2)C2CC2)n1. The summed E-state index contributed by atoms with van der Waals surface area (Å²) in [6, 6.07) is 6.00. The molecule has 1 aliphatic carbocycles. The van der Waals surface area contributed by atoms with Crippen LogP contribution in [0.2, 0.25) is 0 Å². The van der Waals surface area contributed by atoms with Gasteiger partial charge in [0.05, 0.1) is 10.9 Å². The van der Waals surface area contributed by atoms with Crippen molar-refractivity contribution in [1.29, 1.82) is 0 Å². The molecule has 2 heterocycles. The first kappa shape index (κ1) is 14.7. The number of nitrogens with two attached hydrogens (primary N) is 1. The maximum Gasteiger partial charge on any atom is 0.191 e. The molecule has 1 saturated carbocycles. The van der Waals surface area contributed by atoms with E-state index < -0.39 is 0 Å². The van der Waals surface area contributed by atoms with E-state index in [0.717, 1.165) is 15.9 Å². The third kappa shape index (κ3) is 3.68. The van der Waals surface area contributed by atoms with E-state index in [0.29, 0.717) is 17.0 Å². The van der Waals surface area contributed by atoms with Crippen molar-refractivity contribution in [3.8, 4) is 0 Å². The Balaban J connectivity index is 1.87. The Kier molecular flexibility index (Phi) is 4.35. The number of thioether (sulfide) groups is 2. The molecule has 0 radical (unpaired) electrons. The van der Waals surface area contributed by atoms with Gasteiger partial charge in [-0.25, -0.2) is 9.97 Å². The fourth-order valence-corrected chi connectivity index (χ4v) is 3.93. The Morgan fingerprint density at radius 2 is 2.10 bits per heavy atom. The Morgan fingerprint density at radius 1 is 1.29 bits per heavy atom. The second-order valence-corrected chi connectivity index (χ2v) is 7.19. The van der Waals surface area contributed by atoms with Gasteiger partial charge < -0.3 is 5.73 Å². The number of hydrogen-bond donors (Lipinski definition) is 1. The second-order valence-electron chi connectivity index (χ2n) is 5.25. The van der Waals surface area contributed by atoms with Crippen molar-refractivity contribution in [2.45, 2.75) is 35.2 Å². The van der Waals surface area contributed by atoms with Crippen molar-refractivity contribution >= 4 is 29.3 Å². The van der Waals surface area contributed by atoms with Gasteiger partial charge in [-0.05, 0) is 49.6 Å². The van der Waals surface area contributed by atoms with Gasteiger partial charge in [-0.2, -0.15) is 0 Å². The van der Waals surface area contributed by atoms with Crippen LogP contribution in [-0.4, -0.2) is 21.2 Å². The number of anilines is 1. The van der Waals surface area contributed by atoms with Crippen LogP contribution in [-0.2, 0) is 0 Å². The number of aryl methyl sites for hydroxylation is 1. The maximum atomic E-state index is 5.87. The fraction of sp³-hybridized carbons (Fsp3) is 0.400. The number of hydrogen-bond acceptors (Lipinski definition) is 6. The maximum absolute atomic E-state index is 5.87. The van der Waals surface area contributed by atoms with E-state index in [4.69, 9.17) is 5.73 Å². The molecular weight excluding hydrogens is 300 g/mol. The van der Waals surface area contributed by atoms with Crippen molar-refractivity contribution in [2.75, 3.05) is 12.0 Å². The molecule has 0 aromatic carbocycles. The van der Waals surface area contributed by atoms with Gasteiger partial charge in [0.2, 0.25) is 0 Å². The number of aromatic nitrogens is 3. The number of nitrogens with zero attached hydrogens (tertiary/aromatic N) is 3. The third-order valence-corrected chi connectivity index (χ3v) is 5.32. The molecule has 0 aliphatic heterocycles. The van der Waals surface area contributed by atoms with E-state index in [1.54, 1.807) is 23.5 Å². The van der Waals surface area contributed by atoms with E-state index in [9.17, 15) is 0 Å². The highest BCUT2D eigenvalue weighted by molar-refractivity contribution is 7.99. The Bertz CT molecular complexity index is 643. The molecule has 3 rings (SSSR count).